The van der Waals surface area contributed by atoms with Gasteiger partial charge in [-0.25, -0.2) is 9.36 Å². The second-order valence-electron chi connectivity index (χ2n) is 2.73. The molecule has 86 valence electrons. The van der Waals surface area contributed by atoms with Crippen LogP contribution in [-0.4, -0.2) is 44.8 Å². The van der Waals surface area contributed by atoms with E-state index in [4.69, 9.17) is 20.0 Å². The van der Waals surface area contributed by atoms with Crippen LogP contribution in [0.2, 0.25) is 0 Å². The second-order valence-corrected chi connectivity index (χ2v) is 3.90. The third-order valence-corrected chi connectivity index (χ3v) is 1.98. The molecule has 2 atom stereocenters. The molecule has 0 aromatic heterocycles. The standard InChI is InChI=1S/C6H9O8P/c7-2-3(8)4-1-5(6(9)13-4)14-15(10,11)12/h1,3-4,7-8H,2H2,(H2,10,11,12)/t3-,4-/m0/s1. The van der Waals surface area contributed by atoms with E-state index in [0.717, 1.165) is 6.08 Å². The van der Waals surface area contributed by atoms with Crippen LogP contribution in [0.5, 0.6) is 0 Å². The van der Waals surface area contributed by atoms with Crippen LogP contribution in [0.1, 0.15) is 0 Å². The molecule has 0 unspecified atom stereocenters. The lowest BCUT2D eigenvalue weighted by atomic mass is 10.2. The first-order valence-corrected chi connectivity index (χ1v) is 5.33. The summed E-state index contributed by atoms with van der Waals surface area (Å²) in [6.45, 7) is -0.655. The van der Waals surface area contributed by atoms with E-state index in [2.05, 4.69) is 9.26 Å². The molecule has 0 bridgehead atoms. The molecule has 0 spiro atoms. The molecular weight excluding hydrogens is 231 g/mol. The smallest absolute Gasteiger partial charge is 0.449 e. The molecule has 0 amide bonds. The van der Waals surface area contributed by atoms with E-state index >= 15 is 0 Å². The fourth-order valence-corrected chi connectivity index (χ4v) is 1.31. The minimum absolute atomic E-state index is 0.655. The Hall–Kier alpha value is -0.920. The molecule has 8 nitrogen and oxygen atoms in total. The minimum Gasteiger partial charge on any atom is -0.449 e. The molecule has 0 fully saturated rings. The van der Waals surface area contributed by atoms with Gasteiger partial charge in [0.2, 0.25) is 5.76 Å². The lowest BCUT2D eigenvalue weighted by Gasteiger charge is -2.11. The Labute approximate surface area is 84.0 Å². The van der Waals surface area contributed by atoms with Crippen molar-refractivity contribution in [1.29, 1.82) is 0 Å². The summed E-state index contributed by atoms with van der Waals surface area (Å²) in [7, 11) is -4.83. The van der Waals surface area contributed by atoms with Gasteiger partial charge in [-0.15, -0.1) is 0 Å². The molecule has 1 rings (SSSR count). The highest BCUT2D eigenvalue weighted by Gasteiger charge is 2.35. The van der Waals surface area contributed by atoms with Crippen molar-refractivity contribution in [2.24, 2.45) is 0 Å². The zero-order valence-corrected chi connectivity index (χ0v) is 8.20. The molecule has 0 aliphatic carbocycles. The lowest BCUT2D eigenvalue weighted by molar-refractivity contribution is -0.146. The van der Waals surface area contributed by atoms with E-state index in [0.29, 0.717) is 0 Å². The Bertz CT molecular complexity index is 330. The first kappa shape index (κ1) is 12.2. The normalized spacial score (nSPS) is 23.3. The number of hydrogen-bond donors (Lipinski definition) is 4. The van der Waals surface area contributed by atoms with Gasteiger partial charge in [0.15, 0.2) is 6.10 Å². The van der Waals surface area contributed by atoms with Crippen molar-refractivity contribution in [3.8, 4) is 0 Å². The summed E-state index contributed by atoms with van der Waals surface area (Å²) in [5.74, 6) is -1.78. The number of phosphoric acid groups is 1. The minimum atomic E-state index is -4.83. The van der Waals surface area contributed by atoms with Crippen LogP contribution in [0.25, 0.3) is 0 Å². The number of ether oxygens (including phenoxy) is 1. The summed E-state index contributed by atoms with van der Waals surface area (Å²) in [6, 6.07) is 0. The molecule has 1 heterocycles. The summed E-state index contributed by atoms with van der Waals surface area (Å²) in [4.78, 5) is 27.7. The van der Waals surface area contributed by atoms with Crippen molar-refractivity contribution in [1.82, 2.24) is 0 Å². The molecule has 9 heteroatoms. The van der Waals surface area contributed by atoms with Crippen molar-refractivity contribution in [2.75, 3.05) is 6.61 Å². The molecule has 4 N–H and O–H groups in total. The topological polar surface area (TPSA) is 134 Å². The highest BCUT2D eigenvalue weighted by Crippen LogP contribution is 2.40. The van der Waals surface area contributed by atoms with Gasteiger partial charge in [0.05, 0.1) is 6.61 Å². The number of esters is 1. The van der Waals surface area contributed by atoms with Gasteiger partial charge in [0.1, 0.15) is 6.10 Å². The van der Waals surface area contributed by atoms with E-state index in [1.54, 1.807) is 0 Å². The monoisotopic (exact) mass is 240 g/mol. The molecule has 0 saturated carbocycles. The van der Waals surface area contributed by atoms with Crippen LogP contribution in [0, 0.1) is 0 Å². The molecule has 1 aliphatic heterocycles. The maximum atomic E-state index is 10.9. The molecule has 0 aromatic rings. The number of phosphoric ester groups is 1. The third-order valence-electron chi connectivity index (χ3n) is 1.54. The highest BCUT2D eigenvalue weighted by molar-refractivity contribution is 7.46. The van der Waals surface area contributed by atoms with Crippen LogP contribution >= 0.6 is 7.82 Å². The van der Waals surface area contributed by atoms with E-state index in [1.165, 1.54) is 0 Å². The maximum absolute atomic E-state index is 10.9. The Morgan fingerprint density at radius 3 is 2.67 bits per heavy atom. The highest BCUT2D eigenvalue weighted by atomic mass is 31.2. The predicted molar refractivity (Wildman–Crippen MR) is 44.2 cm³/mol. The first-order chi connectivity index (χ1) is 6.83. The van der Waals surface area contributed by atoms with Crippen molar-refractivity contribution < 1.29 is 38.6 Å². The Morgan fingerprint density at radius 1 is 1.60 bits per heavy atom. The Morgan fingerprint density at radius 2 is 2.20 bits per heavy atom. The number of carbonyl (C=O) groups excluding carboxylic acids is 1. The summed E-state index contributed by atoms with van der Waals surface area (Å²) < 4.78 is 18.8. The predicted octanol–water partition coefficient (Wildman–Crippen LogP) is -1.74. The molecule has 0 radical (unpaired) electrons. The van der Waals surface area contributed by atoms with Gasteiger partial charge in [0, 0.05) is 6.08 Å². The van der Waals surface area contributed by atoms with Crippen LogP contribution < -0.4 is 0 Å². The number of rotatable bonds is 4. The largest absolute Gasteiger partial charge is 0.525 e. The van der Waals surface area contributed by atoms with Crippen molar-refractivity contribution >= 4 is 13.8 Å². The van der Waals surface area contributed by atoms with Crippen LogP contribution in [0.3, 0.4) is 0 Å². The van der Waals surface area contributed by atoms with Crippen molar-refractivity contribution in [3.05, 3.63) is 11.8 Å². The fourth-order valence-electron chi connectivity index (χ4n) is 0.922. The average molecular weight is 240 g/mol. The second kappa shape index (κ2) is 4.30. The Kier molecular flexibility index (Phi) is 3.48. The van der Waals surface area contributed by atoms with E-state index in [9.17, 15) is 9.36 Å². The van der Waals surface area contributed by atoms with Crippen LogP contribution in [-0.2, 0) is 18.6 Å². The van der Waals surface area contributed by atoms with Gasteiger partial charge in [-0.05, 0) is 0 Å². The molecule has 15 heavy (non-hydrogen) atoms. The van der Waals surface area contributed by atoms with Gasteiger partial charge in [-0.2, -0.15) is 0 Å². The van der Waals surface area contributed by atoms with Crippen molar-refractivity contribution in [3.63, 3.8) is 0 Å². The molecule has 0 saturated heterocycles. The van der Waals surface area contributed by atoms with E-state index < -0.39 is 38.4 Å². The fraction of sp³-hybridized carbons (Fsp3) is 0.500. The molecule has 1 aliphatic rings. The summed E-state index contributed by atoms with van der Waals surface area (Å²) in [6.07, 6.45) is -1.63. The van der Waals surface area contributed by atoms with Crippen molar-refractivity contribution in [2.45, 2.75) is 12.2 Å². The lowest BCUT2D eigenvalue weighted by Crippen LogP contribution is -2.28. The third kappa shape index (κ3) is 3.29. The summed E-state index contributed by atoms with van der Waals surface area (Å²) in [5.41, 5.74) is 0. The zero-order valence-electron chi connectivity index (χ0n) is 7.31. The number of cyclic esters (lactones) is 1. The zero-order chi connectivity index (χ0) is 11.6. The number of hydrogen-bond acceptors (Lipinski definition) is 6. The quantitative estimate of drug-likeness (QED) is 0.336. The van der Waals surface area contributed by atoms with E-state index in [-0.39, 0.29) is 0 Å². The van der Waals surface area contributed by atoms with Gasteiger partial charge < -0.3 is 19.5 Å². The molecular formula is C6H9O8P. The number of aliphatic hydroxyl groups is 2. The van der Waals surface area contributed by atoms with Gasteiger partial charge in [-0.3, -0.25) is 9.79 Å². The molecule has 0 aromatic carbocycles. The van der Waals surface area contributed by atoms with Crippen LogP contribution in [0.15, 0.2) is 11.8 Å². The SMILES string of the molecule is O=C1O[C@H]([C@@H](O)CO)C=C1OP(=O)(O)O. The van der Waals surface area contributed by atoms with E-state index in [1.807, 2.05) is 0 Å². The summed E-state index contributed by atoms with van der Waals surface area (Å²) >= 11 is 0. The number of carbonyl (C=O) groups is 1. The maximum Gasteiger partial charge on any atom is 0.525 e. The van der Waals surface area contributed by atoms with Gasteiger partial charge in [-0.1, -0.05) is 0 Å². The van der Waals surface area contributed by atoms with Crippen LogP contribution in [0.4, 0.5) is 0 Å². The summed E-state index contributed by atoms with van der Waals surface area (Å²) in [5, 5.41) is 17.6. The first-order valence-electron chi connectivity index (χ1n) is 3.80. The Balaban J connectivity index is 2.73. The average Bonchev–Trinajstić information content (AvgIpc) is 2.44. The van der Waals surface area contributed by atoms with Gasteiger partial charge in [0.25, 0.3) is 0 Å². The van der Waals surface area contributed by atoms with Gasteiger partial charge >= 0.3 is 13.8 Å². The number of aliphatic hydroxyl groups excluding tert-OH is 2.